The fraction of sp³-hybridized carbons (Fsp3) is 0.375. The number of rotatable bonds is 7. The van der Waals surface area contributed by atoms with Crippen molar-refractivity contribution in [2.75, 3.05) is 5.32 Å². The van der Waals surface area contributed by atoms with E-state index < -0.39 is 12.0 Å². The SMILES string of the molecule is CC(C)NC(=O)OC1CCC(c2cc(NC(=O)c3cc(-c4cccc(C=O)c4O)nn3C)n[nH]2)C1. The maximum atomic E-state index is 12.9. The van der Waals surface area contributed by atoms with Crippen molar-refractivity contribution in [3.05, 3.63) is 47.3 Å². The molecule has 4 rings (SSSR count). The van der Waals surface area contributed by atoms with E-state index in [4.69, 9.17) is 4.74 Å². The number of aryl methyl sites for hydroxylation is 1. The lowest BCUT2D eigenvalue weighted by Gasteiger charge is -2.14. The largest absolute Gasteiger partial charge is 0.506 e. The predicted octanol–water partition coefficient (Wildman–Crippen LogP) is 3.35. The van der Waals surface area contributed by atoms with Crippen LogP contribution in [0.4, 0.5) is 10.6 Å². The monoisotopic (exact) mass is 480 g/mol. The number of aromatic nitrogens is 4. The molecule has 0 radical (unpaired) electrons. The summed E-state index contributed by atoms with van der Waals surface area (Å²) in [4.78, 5) is 35.8. The molecule has 0 bridgehead atoms. The molecule has 2 unspecified atom stereocenters. The first kappa shape index (κ1) is 24.0. The second-order valence-electron chi connectivity index (χ2n) is 8.90. The minimum Gasteiger partial charge on any atom is -0.506 e. The van der Waals surface area contributed by atoms with E-state index in [0.717, 1.165) is 18.5 Å². The number of H-pyrrole nitrogens is 1. The van der Waals surface area contributed by atoms with E-state index in [1.165, 1.54) is 16.8 Å². The molecule has 1 saturated carbocycles. The van der Waals surface area contributed by atoms with Crippen molar-refractivity contribution < 1.29 is 24.2 Å². The van der Waals surface area contributed by atoms with E-state index in [1.54, 1.807) is 25.2 Å². The second kappa shape index (κ2) is 10.00. The van der Waals surface area contributed by atoms with Crippen molar-refractivity contribution in [3.8, 4) is 17.0 Å². The van der Waals surface area contributed by atoms with E-state index in [9.17, 15) is 19.5 Å². The molecule has 184 valence electrons. The van der Waals surface area contributed by atoms with Crippen LogP contribution in [0.3, 0.4) is 0 Å². The molecule has 1 aliphatic rings. The highest BCUT2D eigenvalue weighted by Gasteiger charge is 2.30. The van der Waals surface area contributed by atoms with E-state index >= 15 is 0 Å². The summed E-state index contributed by atoms with van der Waals surface area (Å²) in [5, 5.41) is 27.2. The lowest BCUT2D eigenvalue weighted by atomic mass is 10.0. The summed E-state index contributed by atoms with van der Waals surface area (Å²) >= 11 is 0. The van der Waals surface area contributed by atoms with Crippen molar-refractivity contribution in [1.29, 1.82) is 0 Å². The third kappa shape index (κ3) is 5.34. The quantitative estimate of drug-likeness (QED) is 0.379. The van der Waals surface area contributed by atoms with Gasteiger partial charge < -0.3 is 20.5 Å². The Balaban J connectivity index is 1.40. The van der Waals surface area contributed by atoms with Gasteiger partial charge in [0.25, 0.3) is 5.91 Å². The Morgan fingerprint density at radius 3 is 2.83 bits per heavy atom. The molecule has 11 heteroatoms. The number of phenols is 1. The number of para-hydroxylation sites is 1. The average molecular weight is 481 g/mol. The van der Waals surface area contributed by atoms with E-state index in [1.807, 2.05) is 13.8 Å². The molecule has 1 aliphatic carbocycles. The van der Waals surface area contributed by atoms with Crippen molar-refractivity contribution in [2.45, 2.75) is 51.2 Å². The third-order valence-electron chi connectivity index (χ3n) is 5.93. The summed E-state index contributed by atoms with van der Waals surface area (Å²) in [5.74, 6) is -0.111. The van der Waals surface area contributed by atoms with Gasteiger partial charge in [-0.3, -0.25) is 19.4 Å². The molecule has 0 saturated heterocycles. The average Bonchev–Trinajstić information content (AvgIpc) is 3.53. The number of carbonyl (C=O) groups is 3. The van der Waals surface area contributed by atoms with Crippen LogP contribution in [0.15, 0.2) is 30.3 Å². The van der Waals surface area contributed by atoms with Gasteiger partial charge in [-0.2, -0.15) is 10.2 Å². The highest BCUT2D eigenvalue weighted by molar-refractivity contribution is 6.03. The summed E-state index contributed by atoms with van der Waals surface area (Å²) in [6, 6.07) is 8.08. The van der Waals surface area contributed by atoms with Crippen molar-refractivity contribution in [1.82, 2.24) is 25.3 Å². The van der Waals surface area contributed by atoms with Crippen LogP contribution in [0, 0.1) is 0 Å². The van der Waals surface area contributed by atoms with Crippen LogP contribution in [-0.4, -0.2) is 55.5 Å². The fourth-order valence-electron chi connectivity index (χ4n) is 4.22. The Labute approximate surface area is 201 Å². The predicted molar refractivity (Wildman–Crippen MR) is 127 cm³/mol. The second-order valence-corrected chi connectivity index (χ2v) is 8.90. The van der Waals surface area contributed by atoms with E-state index in [-0.39, 0.29) is 35.1 Å². The molecular formula is C24H28N6O5. The number of aldehydes is 1. The standard InChI is InChI=1S/C24H28N6O5/c1-13(2)25-24(34)35-16-8-7-14(9-16)18-11-21(28-27-18)26-23(33)20-10-19(29-30(20)3)17-6-4-5-15(12-31)22(17)32/h4-6,10-14,16,32H,7-9H2,1-3H3,(H,25,34)(H2,26,27,28,33). The summed E-state index contributed by atoms with van der Waals surface area (Å²) in [6.45, 7) is 3.75. The van der Waals surface area contributed by atoms with Gasteiger partial charge in [0.2, 0.25) is 0 Å². The normalized spacial score (nSPS) is 17.4. The molecule has 1 aromatic carbocycles. The number of phenolic OH excluding ortho intramolecular Hbond substituents is 1. The number of hydrogen-bond donors (Lipinski definition) is 4. The lowest BCUT2D eigenvalue weighted by molar-refractivity contribution is 0.0979. The molecule has 0 aliphatic heterocycles. The number of nitrogens with zero attached hydrogens (tertiary/aromatic N) is 3. The van der Waals surface area contributed by atoms with Gasteiger partial charge in [-0.15, -0.1) is 0 Å². The van der Waals surface area contributed by atoms with Crippen LogP contribution >= 0.6 is 0 Å². The third-order valence-corrected chi connectivity index (χ3v) is 5.93. The number of ether oxygens (including phenoxy) is 1. The summed E-state index contributed by atoms with van der Waals surface area (Å²) < 4.78 is 6.87. The Kier molecular flexibility index (Phi) is 6.85. The molecule has 0 spiro atoms. The lowest BCUT2D eigenvalue weighted by Crippen LogP contribution is -2.33. The number of hydrogen-bond acceptors (Lipinski definition) is 7. The van der Waals surface area contributed by atoms with Gasteiger partial charge in [0.05, 0.1) is 11.3 Å². The number of nitrogens with one attached hydrogen (secondary N) is 3. The molecule has 2 atom stereocenters. The zero-order valence-corrected chi connectivity index (χ0v) is 19.7. The number of anilines is 1. The van der Waals surface area contributed by atoms with Crippen molar-refractivity contribution in [3.63, 3.8) is 0 Å². The van der Waals surface area contributed by atoms with Gasteiger partial charge >= 0.3 is 6.09 Å². The topological polar surface area (TPSA) is 151 Å². The molecule has 1 fully saturated rings. The minimum absolute atomic E-state index is 0.0150. The van der Waals surface area contributed by atoms with Crippen molar-refractivity contribution in [2.24, 2.45) is 7.05 Å². The number of alkyl carbamates (subject to hydrolysis) is 1. The number of amides is 2. The Morgan fingerprint density at radius 1 is 1.29 bits per heavy atom. The smallest absolute Gasteiger partial charge is 0.407 e. The van der Waals surface area contributed by atoms with E-state index in [2.05, 4.69) is 25.9 Å². The van der Waals surface area contributed by atoms with Crippen LogP contribution < -0.4 is 10.6 Å². The van der Waals surface area contributed by atoms with Gasteiger partial charge in [-0.25, -0.2) is 4.79 Å². The van der Waals surface area contributed by atoms with Crippen molar-refractivity contribution >= 4 is 24.1 Å². The maximum Gasteiger partial charge on any atom is 0.407 e. The first-order chi connectivity index (χ1) is 16.7. The maximum absolute atomic E-state index is 12.9. The first-order valence-electron chi connectivity index (χ1n) is 11.4. The number of aromatic amines is 1. The molecule has 2 aromatic heterocycles. The fourth-order valence-corrected chi connectivity index (χ4v) is 4.22. The highest BCUT2D eigenvalue weighted by Crippen LogP contribution is 2.36. The molecule has 2 heterocycles. The summed E-state index contributed by atoms with van der Waals surface area (Å²) in [5.41, 5.74) is 1.97. The Bertz CT molecular complexity index is 1250. The molecule has 2 amide bonds. The van der Waals surface area contributed by atoms with Crippen LogP contribution in [0.2, 0.25) is 0 Å². The van der Waals surface area contributed by atoms with Crippen LogP contribution in [0.25, 0.3) is 11.3 Å². The van der Waals surface area contributed by atoms with Gasteiger partial charge in [-0.1, -0.05) is 6.07 Å². The molecule has 11 nitrogen and oxygen atoms in total. The van der Waals surface area contributed by atoms with Crippen LogP contribution in [0.5, 0.6) is 5.75 Å². The minimum atomic E-state index is -0.423. The Hall–Kier alpha value is -4.15. The highest BCUT2D eigenvalue weighted by atomic mass is 16.6. The zero-order chi connectivity index (χ0) is 25.1. The van der Waals surface area contributed by atoms with Gasteiger partial charge in [0.1, 0.15) is 17.5 Å². The van der Waals surface area contributed by atoms with Gasteiger partial charge in [0, 0.05) is 36.3 Å². The Morgan fingerprint density at radius 2 is 2.09 bits per heavy atom. The number of carbonyl (C=O) groups excluding carboxylic acids is 3. The molecule has 35 heavy (non-hydrogen) atoms. The first-order valence-corrected chi connectivity index (χ1v) is 11.4. The van der Waals surface area contributed by atoms with Crippen LogP contribution in [-0.2, 0) is 11.8 Å². The summed E-state index contributed by atoms with van der Waals surface area (Å²) in [6.07, 6.45) is 2.25. The summed E-state index contributed by atoms with van der Waals surface area (Å²) in [7, 11) is 1.61. The zero-order valence-electron chi connectivity index (χ0n) is 19.7. The molecular weight excluding hydrogens is 452 g/mol. The van der Waals surface area contributed by atoms with E-state index in [0.29, 0.717) is 29.8 Å². The van der Waals surface area contributed by atoms with Crippen LogP contribution in [0.1, 0.15) is 65.6 Å². The van der Waals surface area contributed by atoms with Gasteiger partial charge in [0.15, 0.2) is 12.1 Å². The van der Waals surface area contributed by atoms with Gasteiger partial charge in [-0.05, 0) is 51.3 Å². The molecule has 3 aromatic rings. The molecule has 4 N–H and O–H groups in total. The number of benzene rings is 1. The number of aromatic hydroxyl groups is 1.